The maximum Gasteiger partial charge on any atom is 0.378 e. The van der Waals surface area contributed by atoms with Crippen molar-refractivity contribution in [2.75, 3.05) is 6.61 Å². The van der Waals surface area contributed by atoms with Crippen LogP contribution in [-0.4, -0.2) is 44.1 Å². The molecule has 0 radical (unpaired) electrons. The maximum atomic E-state index is 12.1. The molecule has 1 N–H and O–H groups in total. The summed E-state index contributed by atoms with van der Waals surface area (Å²) in [6, 6.07) is 2.00. The van der Waals surface area contributed by atoms with Gasteiger partial charge in [0.2, 0.25) is 0 Å². The number of esters is 1. The number of aromatic nitrogens is 4. The van der Waals surface area contributed by atoms with E-state index in [4.69, 9.17) is 4.74 Å². The van der Waals surface area contributed by atoms with Gasteiger partial charge >= 0.3 is 5.97 Å². The molecule has 25 heavy (non-hydrogen) atoms. The highest BCUT2D eigenvalue weighted by Crippen LogP contribution is 2.23. The van der Waals surface area contributed by atoms with Gasteiger partial charge in [-0.05, 0) is 38.7 Å². The third-order valence-corrected chi connectivity index (χ3v) is 4.59. The van der Waals surface area contributed by atoms with Crippen LogP contribution in [0, 0.1) is 19.8 Å². The van der Waals surface area contributed by atoms with E-state index in [1.54, 1.807) is 0 Å². The van der Waals surface area contributed by atoms with Crippen LogP contribution in [-0.2, 0) is 9.53 Å². The third-order valence-electron chi connectivity index (χ3n) is 4.59. The summed E-state index contributed by atoms with van der Waals surface area (Å²) in [5.41, 5.74) is 1.61. The fourth-order valence-corrected chi connectivity index (χ4v) is 3.23. The first-order chi connectivity index (χ1) is 11.9. The van der Waals surface area contributed by atoms with Gasteiger partial charge in [0.25, 0.3) is 17.5 Å². The molecule has 1 aliphatic carbocycles. The van der Waals surface area contributed by atoms with E-state index < -0.39 is 5.97 Å². The summed E-state index contributed by atoms with van der Waals surface area (Å²) in [5, 5.41) is 7.04. The number of amides is 1. The minimum absolute atomic E-state index is 0.0972. The highest BCUT2D eigenvalue weighted by atomic mass is 16.5. The van der Waals surface area contributed by atoms with Crippen molar-refractivity contribution in [3.05, 3.63) is 23.3 Å². The van der Waals surface area contributed by atoms with E-state index in [9.17, 15) is 9.59 Å². The first-order valence-corrected chi connectivity index (χ1v) is 8.61. The van der Waals surface area contributed by atoms with E-state index >= 15 is 0 Å². The minimum Gasteiger partial charge on any atom is -0.450 e. The number of hydrogen-bond donors (Lipinski definition) is 1. The first-order valence-electron chi connectivity index (χ1n) is 8.61. The molecule has 2 aromatic rings. The molecular formula is C17H23N5O3. The van der Waals surface area contributed by atoms with Crippen molar-refractivity contribution in [2.45, 2.75) is 52.5 Å². The van der Waals surface area contributed by atoms with Gasteiger partial charge in [0, 0.05) is 17.4 Å². The van der Waals surface area contributed by atoms with Crippen LogP contribution in [0.1, 0.15) is 54.6 Å². The molecule has 0 spiro atoms. The molecule has 134 valence electrons. The molecule has 2 atom stereocenters. The van der Waals surface area contributed by atoms with Crippen molar-refractivity contribution in [1.29, 1.82) is 0 Å². The standard InChI is InChI=1S/C17H23N5O3/c1-10-6-4-5-7-13(10)19-14(23)9-25-16(24)15-20-17-18-11(2)8-12(3)22(17)21-15/h8,10,13H,4-7,9H2,1-3H3,(H,19,23)/t10-,13+/m0/s1. The molecule has 3 rings (SSSR count). The summed E-state index contributed by atoms with van der Waals surface area (Å²) in [7, 11) is 0. The first kappa shape index (κ1) is 17.3. The van der Waals surface area contributed by atoms with Crippen molar-refractivity contribution >= 4 is 17.7 Å². The molecule has 2 heterocycles. The Hall–Kier alpha value is -2.51. The van der Waals surface area contributed by atoms with Gasteiger partial charge in [-0.2, -0.15) is 4.98 Å². The number of aryl methyl sites for hydroxylation is 2. The van der Waals surface area contributed by atoms with E-state index in [0.717, 1.165) is 30.7 Å². The number of ether oxygens (including phenoxy) is 1. The largest absolute Gasteiger partial charge is 0.450 e. The molecule has 1 amide bonds. The second kappa shape index (κ2) is 7.16. The summed E-state index contributed by atoms with van der Waals surface area (Å²) < 4.78 is 6.53. The van der Waals surface area contributed by atoms with Crippen LogP contribution in [0.2, 0.25) is 0 Å². The molecule has 1 saturated carbocycles. The predicted molar refractivity (Wildman–Crippen MR) is 90.1 cm³/mol. The van der Waals surface area contributed by atoms with Crippen LogP contribution in [0.25, 0.3) is 5.78 Å². The summed E-state index contributed by atoms with van der Waals surface area (Å²) in [4.78, 5) is 32.4. The lowest BCUT2D eigenvalue weighted by Crippen LogP contribution is -2.42. The lowest BCUT2D eigenvalue weighted by molar-refractivity contribution is -0.125. The zero-order valence-corrected chi connectivity index (χ0v) is 14.8. The van der Waals surface area contributed by atoms with Crippen molar-refractivity contribution in [3.8, 4) is 0 Å². The van der Waals surface area contributed by atoms with Gasteiger partial charge in [-0.15, -0.1) is 5.10 Å². The van der Waals surface area contributed by atoms with Crippen LogP contribution in [0.15, 0.2) is 6.07 Å². The van der Waals surface area contributed by atoms with Crippen LogP contribution < -0.4 is 5.32 Å². The normalized spacial score (nSPS) is 20.4. The summed E-state index contributed by atoms with van der Waals surface area (Å²) in [5.74, 6) is -0.328. The molecule has 1 aliphatic rings. The molecule has 1 fully saturated rings. The van der Waals surface area contributed by atoms with E-state index in [1.165, 1.54) is 10.9 Å². The average molecular weight is 345 g/mol. The van der Waals surface area contributed by atoms with Crippen LogP contribution >= 0.6 is 0 Å². The Kier molecular flexibility index (Phi) is 4.96. The predicted octanol–water partition coefficient (Wildman–Crippen LogP) is 1.59. The van der Waals surface area contributed by atoms with Crippen molar-refractivity contribution in [3.63, 3.8) is 0 Å². The Morgan fingerprint density at radius 3 is 2.80 bits per heavy atom. The molecule has 2 aromatic heterocycles. The maximum absolute atomic E-state index is 12.1. The second-order valence-corrected chi connectivity index (χ2v) is 6.70. The third kappa shape index (κ3) is 3.94. The highest BCUT2D eigenvalue weighted by Gasteiger charge is 2.24. The van der Waals surface area contributed by atoms with Crippen molar-refractivity contribution < 1.29 is 14.3 Å². The van der Waals surface area contributed by atoms with E-state index in [1.807, 2.05) is 19.9 Å². The van der Waals surface area contributed by atoms with Gasteiger partial charge in [-0.3, -0.25) is 4.79 Å². The van der Waals surface area contributed by atoms with Gasteiger partial charge in [0.15, 0.2) is 6.61 Å². The summed E-state index contributed by atoms with van der Waals surface area (Å²) in [6.45, 7) is 5.50. The lowest BCUT2D eigenvalue weighted by atomic mass is 9.86. The molecule has 0 aromatic carbocycles. The Balaban J connectivity index is 1.59. The fraction of sp³-hybridized carbons (Fsp3) is 0.588. The van der Waals surface area contributed by atoms with Crippen LogP contribution in [0.3, 0.4) is 0 Å². The molecule has 0 bridgehead atoms. The molecule has 0 saturated heterocycles. The number of hydrogen-bond acceptors (Lipinski definition) is 6. The van der Waals surface area contributed by atoms with E-state index in [-0.39, 0.29) is 24.4 Å². The van der Waals surface area contributed by atoms with E-state index in [2.05, 4.69) is 27.3 Å². The number of nitrogens with zero attached hydrogens (tertiary/aromatic N) is 4. The zero-order chi connectivity index (χ0) is 18.0. The number of fused-ring (bicyclic) bond motifs is 1. The van der Waals surface area contributed by atoms with E-state index in [0.29, 0.717) is 11.7 Å². The van der Waals surface area contributed by atoms with Crippen LogP contribution in [0.5, 0.6) is 0 Å². The highest BCUT2D eigenvalue weighted by molar-refractivity contribution is 5.88. The van der Waals surface area contributed by atoms with Gasteiger partial charge in [-0.25, -0.2) is 14.3 Å². The summed E-state index contributed by atoms with van der Waals surface area (Å²) in [6.07, 6.45) is 4.40. The Labute approximate surface area is 146 Å². The van der Waals surface area contributed by atoms with Gasteiger partial charge < -0.3 is 10.1 Å². The SMILES string of the molecule is Cc1cc(C)n2nc(C(=O)OCC(=O)N[C@@H]3CCCC[C@@H]3C)nc2n1. The zero-order valence-electron chi connectivity index (χ0n) is 14.8. The monoisotopic (exact) mass is 345 g/mol. The number of rotatable bonds is 4. The number of carbonyl (C=O) groups is 2. The molecule has 0 aliphatic heterocycles. The molecule has 8 nitrogen and oxygen atoms in total. The van der Waals surface area contributed by atoms with Crippen molar-refractivity contribution in [2.24, 2.45) is 5.92 Å². The van der Waals surface area contributed by atoms with Gasteiger partial charge in [-0.1, -0.05) is 19.8 Å². The van der Waals surface area contributed by atoms with Gasteiger partial charge in [0.1, 0.15) is 0 Å². The minimum atomic E-state index is -0.727. The molecule has 0 unspecified atom stereocenters. The van der Waals surface area contributed by atoms with Crippen molar-refractivity contribution in [1.82, 2.24) is 24.9 Å². The second-order valence-electron chi connectivity index (χ2n) is 6.70. The lowest BCUT2D eigenvalue weighted by Gasteiger charge is -2.29. The van der Waals surface area contributed by atoms with Crippen LogP contribution in [0.4, 0.5) is 0 Å². The topological polar surface area (TPSA) is 98.5 Å². The fourth-order valence-electron chi connectivity index (χ4n) is 3.23. The quantitative estimate of drug-likeness (QED) is 0.845. The molecule has 8 heteroatoms. The van der Waals surface area contributed by atoms with Gasteiger partial charge in [0.05, 0.1) is 0 Å². The number of carbonyl (C=O) groups excluding carboxylic acids is 2. The Morgan fingerprint density at radius 1 is 1.28 bits per heavy atom. The smallest absolute Gasteiger partial charge is 0.378 e. The number of nitrogens with one attached hydrogen (secondary N) is 1. The molecular weight excluding hydrogens is 322 g/mol. The Bertz CT molecular complexity index is 801. The average Bonchev–Trinajstić information content (AvgIpc) is 2.99. The Morgan fingerprint density at radius 2 is 2.04 bits per heavy atom. The summed E-state index contributed by atoms with van der Waals surface area (Å²) >= 11 is 0.